The zero-order chi connectivity index (χ0) is 31.8. The number of hydrogen-bond acceptors (Lipinski definition) is 0. The smallest absolute Gasteiger partial charge is 1.00 e. The van der Waals surface area contributed by atoms with E-state index in [1.165, 1.54) is 41.5 Å². The van der Waals surface area contributed by atoms with Crippen molar-refractivity contribution in [1.29, 1.82) is 0 Å². The number of aryl methyl sites for hydroxylation is 2. The molecule has 0 radical (unpaired) electrons. The van der Waals surface area contributed by atoms with Crippen LogP contribution in [-0.2, 0) is 21.3 Å². The van der Waals surface area contributed by atoms with E-state index >= 15 is 0 Å². The van der Waals surface area contributed by atoms with Crippen LogP contribution < -0.4 is 24.8 Å². The summed E-state index contributed by atoms with van der Waals surface area (Å²) in [5.74, 6) is 4.21. The molecule has 0 spiro atoms. The summed E-state index contributed by atoms with van der Waals surface area (Å²) in [4.78, 5) is 0. The minimum Gasteiger partial charge on any atom is -1.00 e. The molecular formula is C45H52Cl2Zr. The van der Waals surface area contributed by atoms with E-state index in [0.29, 0.717) is 17.8 Å². The Morgan fingerprint density at radius 2 is 1.38 bits per heavy atom. The number of rotatable bonds is 4. The number of halogens is 2. The molecule has 0 saturated heterocycles. The summed E-state index contributed by atoms with van der Waals surface area (Å²) < 4.78 is 4.31. The predicted octanol–water partition coefficient (Wildman–Crippen LogP) is 5.33. The van der Waals surface area contributed by atoms with Crippen LogP contribution in [0.15, 0.2) is 119 Å². The second-order valence-corrected chi connectivity index (χ2v) is 22.7. The first kappa shape index (κ1) is 36.0. The number of hydrogen-bond donors (Lipinski definition) is 0. The van der Waals surface area contributed by atoms with Crippen molar-refractivity contribution in [3.8, 4) is 0 Å². The Morgan fingerprint density at radius 3 is 2.00 bits per heavy atom. The Hall–Kier alpha value is -1.79. The molecule has 0 N–H and O–H groups in total. The molecule has 0 heterocycles. The Labute approximate surface area is 310 Å². The van der Waals surface area contributed by atoms with Gasteiger partial charge in [0.25, 0.3) is 0 Å². The van der Waals surface area contributed by atoms with Crippen LogP contribution in [0.4, 0.5) is 0 Å². The standard InChI is InChI=1S/C25H33.C15H14.C5H5.2ClH.Zr/c1-17-10-9-11-18-16-24(3)22(21(17)18)19-12-5-6-13-20(19)23(2)14-7-8-15-25(23,24)4;1-12-3-7-14(8-4-12)11-15-9-5-13(2)6-10-15;1-2-4-5-3-1;;;/h5-8,12-22H,9-11H2,1-4H3;3-10H,1-2H3;1-3H,4H2;2*1H;/q;;;;;+2/p-2. The van der Waals surface area contributed by atoms with E-state index in [-0.39, 0.29) is 41.1 Å². The molecule has 10 atom stereocenters. The zero-order valence-electron chi connectivity index (χ0n) is 29.6. The Bertz CT molecular complexity index is 1700. The van der Waals surface area contributed by atoms with Crippen LogP contribution in [0.1, 0.15) is 75.6 Å². The van der Waals surface area contributed by atoms with E-state index in [1.54, 1.807) is 3.21 Å². The molecule has 0 aliphatic heterocycles. The first-order chi connectivity index (χ1) is 22.2. The van der Waals surface area contributed by atoms with Gasteiger partial charge in [0, 0.05) is 0 Å². The van der Waals surface area contributed by atoms with E-state index in [9.17, 15) is 0 Å². The fourth-order valence-electron chi connectivity index (χ4n) is 12.1. The molecule has 6 aliphatic carbocycles. The molecule has 6 aliphatic rings. The van der Waals surface area contributed by atoms with Crippen LogP contribution in [-0.4, -0.2) is 3.21 Å². The van der Waals surface area contributed by atoms with Gasteiger partial charge in [-0.2, -0.15) is 0 Å². The molecule has 0 amide bonds. The van der Waals surface area contributed by atoms with E-state index in [0.717, 1.165) is 27.8 Å². The summed E-state index contributed by atoms with van der Waals surface area (Å²) >= 11 is -2.69. The molecule has 48 heavy (non-hydrogen) atoms. The molecule has 3 heteroatoms. The minimum absolute atomic E-state index is 0. The van der Waals surface area contributed by atoms with Gasteiger partial charge < -0.3 is 24.8 Å². The van der Waals surface area contributed by atoms with Crippen molar-refractivity contribution in [2.75, 3.05) is 0 Å². The van der Waals surface area contributed by atoms with Gasteiger partial charge in [-0.3, -0.25) is 0 Å². The number of fused-ring (bicyclic) bond motifs is 8. The molecule has 0 bridgehead atoms. The first-order valence-corrected chi connectivity index (χ1v) is 22.0. The minimum atomic E-state index is -2.69. The fourth-order valence-corrected chi connectivity index (χ4v) is 23.2. The molecule has 2 aromatic carbocycles. The van der Waals surface area contributed by atoms with Crippen LogP contribution in [0, 0.1) is 65.6 Å². The molecule has 3 saturated carbocycles. The molecule has 0 aromatic heterocycles. The van der Waals surface area contributed by atoms with Crippen LogP contribution in [0.5, 0.6) is 0 Å². The zero-order valence-corrected chi connectivity index (χ0v) is 33.6. The SMILES string of the molecule is Cc1ccc([C](c2ccc(C)cc2)=[Zr+2]([C]2=CC=CC2)[CH]2C3CCCC(C)C3C3C4C=CC=CC4C4(C)C=CC=CC4(C)C32C)cc1.[Cl-].[Cl-]. The van der Waals surface area contributed by atoms with Gasteiger partial charge in [0.05, 0.1) is 0 Å². The van der Waals surface area contributed by atoms with Gasteiger partial charge in [0.2, 0.25) is 0 Å². The monoisotopic (exact) mass is 752 g/mol. The van der Waals surface area contributed by atoms with Crippen molar-refractivity contribution in [3.05, 3.63) is 141 Å². The topological polar surface area (TPSA) is 0 Å². The molecule has 3 fully saturated rings. The molecule has 250 valence electrons. The molecule has 10 unspecified atom stereocenters. The quantitative estimate of drug-likeness (QED) is 0.397. The van der Waals surface area contributed by atoms with Gasteiger partial charge in [-0.25, -0.2) is 0 Å². The number of allylic oxidation sites excluding steroid dienone is 12. The van der Waals surface area contributed by atoms with Gasteiger partial charge in [0.15, 0.2) is 0 Å². The van der Waals surface area contributed by atoms with Crippen molar-refractivity contribution >= 4 is 3.21 Å². The normalized spacial score (nSPS) is 37.9. The van der Waals surface area contributed by atoms with Crippen molar-refractivity contribution in [3.63, 3.8) is 0 Å². The van der Waals surface area contributed by atoms with Crippen molar-refractivity contribution in [1.82, 2.24) is 0 Å². The average Bonchev–Trinajstić information content (AvgIpc) is 3.68. The maximum Gasteiger partial charge on any atom is -1.00 e. The van der Waals surface area contributed by atoms with Crippen LogP contribution in [0.25, 0.3) is 0 Å². The summed E-state index contributed by atoms with van der Waals surface area (Å²) in [5, 5.41) is 0. The van der Waals surface area contributed by atoms with E-state index < -0.39 is 21.3 Å². The van der Waals surface area contributed by atoms with Gasteiger partial charge in [-0.05, 0) is 0 Å². The summed E-state index contributed by atoms with van der Waals surface area (Å²) in [6.07, 6.45) is 33.1. The van der Waals surface area contributed by atoms with E-state index in [2.05, 4.69) is 157 Å². The maximum atomic E-state index is 2.85. The predicted molar refractivity (Wildman–Crippen MR) is 193 cm³/mol. The fraction of sp³-hybridized carbons (Fsp3) is 0.444. The third kappa shape index (κ3) is 5.10. The van der Waals surface area contributed by atoms with Gasteiger partial charge >= 0.3 is 288 Å². The summed E-state index contributed by atoms with van der Waals surface area (Å²) in [7, 11) is 0. The second-order valence-electron chi connectivity index (χ2n) is 16.4. The molecular weight excluding hydrogens is 703 g/mol. The van der Waals surface area contributed by atoms with Crippen LogP contribution in [0.3, 0.4) is 0 Å². The largest absolute Gasteiger partial charge is 1.00 e. The van der Waals surface area contributed by atoms with Gasteiger partial charge in [0.1, 0.15) is 0 Å². The maximum absolute atomic E-state index is 2.85. The Kier molecular flexibility index (Phi) is 10.1. The van der Waals surface area contributed by atoms with E-state index in [1.807, 2.05) is 3.28 Å². The van der Waals surface area contributed by atoms with E-state index in [4.69, 9.17) is 0 Å². The average molecular weight is 755 g/mol. The molecule has 2 aromatic rings. The summed E-state index contributed by atoms with van der Waals surface area (Å²) in [6.45, 7) is 15.3. The van der Waals surface area contributed by atoms with Crippen molar-refractivity contribution in [2.24, 2.45) is 51.8 Å². The molecule has 8 rings (SSSR count). The van der Waals surface area contributed by atoms with Crippen LogP contribution in [0.2, 0.25) is 3.63 Å². The Balaban J connectivity index is 0.00000201. The third-order valence-corrected chi connectivity index (χ3v) is 23.8. The van der Waals surface area contributed by atoms with Crippen LogP contribution >= 0.6 is 0 Å². The first-order valence-electron chi connectivity index (χ1n) is 18.2. The molecule has 0 nitrogen and oxygen atoms in total. The summed E-state index contributed by atoms with van der Waals surface area (Å²) in [5.41, 5.74) is 6.03. The third-order valence-electron chi connectivity index (χ3n) is 14.4. The van der Waals surface area contributed by atoms with Gasteiger partial charge in [-0.1, -0.05) is 0 Å². The van der Waals surface area contributed by atoms with Crippen molar-refractivity contribution < 1.29 is 46.1 Å². The number of benzene rings is 2. The second kappa shape index (κ2) is 13.4. The Morgan fingerprint density at radius 1 is 0.750 bits per heavy atom. The van der Waals surface area contributed by atoms with Crippen molar-refractivity contribution in [2.45, 2.75) is 70.9 Å². The summed E-state index contributed by atoms with van der Waals surface area (Å²) in [6, 6.07) is 19.4. The van der Waals surface area contributed by atoms with Gasteiger partial charge in [-0.15, -0.1) is 0 Å².